The number of ether oxygens (including phenoxy) is 3. The second kappa shape index (κ2) is 7.11. The standard InChI is InChI=1S/C19H20N2O4/c22-19(16-6-8-23-12-16)21(10-14-3-2-7-20-9-14)11-15-4-1-5-17-18(15)25-13-24-17/h1-5,7,9,16H,6,8,10-13H2. The zero-order valence-electron chi connectivity index (χ0n) is 13.9. The summed E-state index contributed by atoms with van der Waals surface area (Å²) < 4.78 is 16.4. The zero-order chi connectivity index (χ0) is 17.1. The van der Waals surface area contributed by atoms with Crippen LogP contribution in [0.4, 0.5) is 0 Å². The van der Waals surface area contributed by atoms with E-state index in [-0.39, 0.29) is 18.6 Å². The first-order chi connectivity index (χ1) is 12.3. The number of amides is 1. The fourth-order valence-electron chi connectivity index (χ4n) is 3.23. The van der Waals surface area contributed by atoms with Gasteiger partial charge in [-0.3, -0.25) is 9.78 Å². The first-order valence-corrected chi connectivity index (χ1v) is 8.44. The van der Waals surface area contributed by atoms with Crippen molar-refractivity contribution in [3.05, 3.63) is 53.9 Å². The number of para-hydroxylation sites is 1. The maximum Gasteiger partial charge on any atom is 0.231 e. The van der Waals surface area contributed by atoms with Gasteiger partial charge in [0.1, 0.15) is 0 Å². The van der Waals surface area contributed by atoms with Crippen LogP contribution >= 0.6 is 0 Å². The first-order valence-electron chi connectivity index (χ1n) is 8.44. The molecule has 0 aliphatic carbocycles. The number of rotatable bonds is 5. The lowest BCUT2D eigenvalue weighted by molar-refractivity contribution is -0.136. The van der Waals surface area contributed by atoms with Crippen LogP contribution in [-0.4, -0.2) is 35.8 Å². The number of fused-ring (bicyclic) bond motifs is 1. The van der Waals surface area contributed by atoms with E-state index in [4.69, 9.17) is 14.2 Å². The van der Waals surface area contributed by atoms with E-state index in [0.717, 1.165) is 29.0 Å². The summed E-state index contributed by atoms with van der Waals surface area (Å²) in [6.07, 6.45) is 4.30. The van der Waals surface area contributed by atoms with Crippen LogP contribution in [0.3, 0.4) is 0 Å². The maximum atomic E-state index is 13.0. The van der Waals surface area contributed by atoms with Crippen LogP contribution in [0.2, 0.25) is 0 Å². The third-order valence-electron chi connectivity index (χ3n) is 4.53. The largest absolute Gasteiger partial charge is 0.454 e. The van der Waals surface area contributed by atoms with Gasteiger partial charge in [0.2, 0.25) is 12.7 Å². The van der Waals surface area contributed by atoms with Crippen molar-refractivity contribution in [3.63, 3.8) is 0 Å². The maximum absolute atomic E-state index is 13.0. The Balaban J connectivity index is 1.58. The van der Waals surface area contributed by atoms with Crippen molar-refractivity contribution in [2.45, 2.75) is 19.5 Å². The molecule has 130 valence electrons. The van der Waals surface area contributed by atoms with Gasteiger partial charge < -0.3 is 19.1 Å². The molecule has 1 amide bonds. The summed E-state index contributed by atoms with van der Waals surface area (Å²) in [5.74, 6) is 1.49. The fourth-order valence-corrected chi connectivity index (χ4v) is 3.23. The molecule has 1 atom stereocenters. The molecule has 2 aliphatic rings. The van der Waals surface area contributed by atoms with Crippen LogP contribution in [0.25, 0.3) is 0 Å². The number of nitrogens with zero attached hydrogens (tertiary/aromatic N) is 2. The van der Waals surface area contributed by atoms with E-state index in [1.165, 1.54) is 0 Å². The second-order valence-corrected chi connectivity index (χ2v) is 6.27. The highest BCUT2D eigenvalue weighted by Crippen LogP contribution is 2.36. The number of pyridine rings is 1. The second-order valence-electron chi connectivity index (χ2n) is 6.27. The minimum atomic E-state index is -0.0781. The quantitative estimate of drug-likeness (QED) is 0.836. The minimum Gasteiger partial charge on any atom is -0.454 e. The van der Waals surface area contributed by atoms with E-state index in [2.05, 4.69) is 4.98 Å². The Labute approximate surface area is 146 Å². The fraction of sp³-hybridized carbons (Fsp3) is 0.368. The Hall–Kier alpha value is -2.60. The first kappa shape index (κ1) is 15.9. The van der Waals surface area contributed by atoms with Crippen molar-refractivity contribution in [3.8, 4) is 11.5 Å². The highest BCUT2D eigenvalue weighted by Gasteiger charge is 2.29. The van der Waals surface area contributed by atoms with Gasteiger partial charge in [-0.15, -0.1) is 0 Å². The molecule has 3 heterocycles. The molecule has 1 saturated heterocycles. The zero-order valence-corrected chi connectivity index (χ0v) is 13.9. The number of carbonyl (C=O) groups is 1. The molecule has 1 unspecified atom stereocenters. The van der Waals surface area contributed by atoms with E-state index in [9.17, 15) is 4.79 Å². The van der Waals surface area contributed by atoms with Gasteiger partial charge in [0.25, 0.3) is 0 Å². The third kappa shape index (κ3) is 3.44. The summed E-state index contributed by atoms with van der Waals surface area (Å²) in [7, 11) is 0. The van der Waals surface area contributed by atoms with E-state index in [1.54, 1.807) is 12.4 Å². The monoisotopic (exact) mass is 340 g/mol. The topological polar surface area (TPSA) is 60.9 Å². The van der Waals surface area contributed by atoms with Gasteiger partial charge in [-0.1, -0.05) is 18.2 Å². The van der Waals surface area contributed by atoms with Crippen molar-refractivity contribution in [1.29, 1.82) is 0 Å². The van der Waals surface area contributed by atoms with Crippen molar-refractivity contribution in [2.75, 3.05) is 20.0 Å². The molecule has 6 heteroatoms. The van der Waals surface area contributed by atoms with Crippen LogP contribution in [0.15, 0.2) is 42.7 Å². The van der Waals surface area contributed by atoms with Gasteiger partial charge >= 0.3 is 0 Å². The highest BCUT2D eigenvalue weighted by atomic mass is 16.7. The van der Waals surface area contributed by atoms with Gasteiger partial charge in [-0.25, -0.2) is 0 Å². The van der Waals surface area contributed by atoms with Gasteiger partial charge in [0.15, 0.2) is 11.5 Å². The van der Waals surface area contributed by atoms with E-state index < -0.39 is 0 Å². The Bertz CT molecular complexity index is 744. The Morgan fingerprint density at radius 2 is 2.16 bits per heavy atom. The molecular weight excluding hydrogens is 320 g/mol. The predicted molar refractivity (Wildman–Crippen MR) is 90.0 cm³/mol. The number of benzene rings is 1. The summed E-state index contributed by atoms with van der Waals surface area (Å²) in [5.41, 5.74) is 1.95. The molecule has 0 saturated carbocycles. The SMILES string of the molecule is O=C(C1CCOC1)N(Cc1cccnc1)Cc1cccc2c1OCO2. The summed E-state index contributed by atoms with van der Waals surface area (Å²) >= 11 is 0. The number of hydrogen-bond acceptors (Lipinski definition) is 5. The number of carbonyl (C=O) groups excluding carboxylic acids is 1. The van der Waals surface area contributed by atoms with Crippen molar-refractivity contribution in [1.82, 2.24) is 9.88 Å². The molecule has 1 fully saturated rings. The van der Waals surface area contributed by atoms with E-state index >= 15 is 0 Å². The third-order valence-corrected chi connectivity index (χ3v) is 4.53. The molecule has 0 radical (unpaired) electrons. The average Bonchev–Trinajstić information content (AvgIpc) is 3.33. The molecule has 2 aliphatic heterocycles. The lowest BCUT2D eigenvalue weighted by Crippen LogP contribution is -2.35. The summed E-state index contributed by atoms with van der Waals surface area (Å²) in [5, 5.41) is 0. The molecule has 0 bridgehead atoms. The Morgan fingerprint density at radius 3 is 2.96 bits per heavy atom. The predicted octanol–water partition coefficient (Wildman–Crippen LogP) is 2.38. The van der Waals surface area contributed by atoms with Gasteiger partial charge in [-0.2, -0.15) is 0 Å². The normalized spacial score (nSPS) is 18.3. The van der Waals surface area contributed by atoms with E-state index in [1.807, 2.05) is 35.2 Å². The molecule has 25 heavy (non-hydrogen) atoms. The molecule has 4 rings (SSSR count). The summed E-state index contributed by atoms with van der Waals surface area (Å²) in [6.45, 7) is 2.34. The highest BCUT2D eigenvalue weighted by molar-refractivity contribution is 5.79. The average molecular weight is 340 g/mol. The summed E-state index contributed by atoms with van der Waals surface area (Å²) in [6, 6.07) is 9.64. The van der Waals surface area contributed by atoms with Crippen LogP contribution in [0.5, 0.6) is 11.5 Å². The molecule has 0 N–H and O–H groups in total. The van der Waals surface area contributed by atoms with Crippen molar-refractivity contribution >= 4 is 5.91 Å². The minimum absolute atomic E-state index is 0.0781. The lowest BCUT2D eigenvalue weighted by Gasteiger charge is -2.26. The molecule has 6 nitrogen and oxygen atoms in total. The summed E-state index contributed by atoms with van der Waals surface area (Å²) in [4.78, 5) is 19.0. The van der Waals surface area contributed by atoms with E-state index in [0.29, 0.717) is 26.3 Å². The smallest absolute Gasteiger partial charge is 0.231 e. The molecule has 1 aromatic carbocycles. The molecule has 0 spiro atoms. The van der Waals surface area contributed by atoms with Crippen LogP contribution in [0, 0.1) is 5.92 Å². The molecule has 1 aromatic heterocycles. The van der Waals surface area contributed by atoms with Gasteiger partial charge in [0, 0.05) is 37.7 Å². The Kier molecular flexibility index (Phi) is 4.52. The van der Waals surface area contributed by atoms with Gasteiger partial charge in [0.05, 0.1) is 12.5 Å². The van der Waals surface area contributed by atoms with Gasteiger partial charge in [-0.05, 0) is 24.1 Å². The number of aromatic nitrogens is 1. The van der Waals surface area contributed by atoms with Crippen molar-refractivity contribution in [2.24, 2.45) is 5.92 Å². The van der Waals surface area contributed by atoms with Crippen LogP contribution in [-0.2, 0) is 22.6 Å². The van der Waals surface area contributed by atoms with Crippen molar-refractivity contribution < 1.29 is 19.0 Å². The lowest BCUT2D eigenvalue weighted by atomic mass is 10.1. The molecular formula is C19H20N2O4. The number of hydrogen-bond donors (Lipinski definition) is 0. The van der Waals surface area contributed by atoms with Crippen LogP contribution < -0.4 is 9.47 Å². The van der Waals surface area contributed by atoms with Crippen LogP contribution in [0.1, 0.15) is 17.5 Å². The Morgan fingerprint density at radius 1 is 1.20 bits per heavy atom. The molecule has 2 aromatic rings.